The predicted molar refractivity (Wildman–Crippen MR) is 565 cm³/mol. The van der Waals surface area contributed by atoms with Crippen LogP contribution in [0, 0.1) is 27.7 Å². The van der Waals surface area contributed by atoms with Crippen LogP contribution in [0.25, 0.3) is 134 Å². The molecule has 16 heterocycles. The van der Waals surface area contributed by atoms with Gasteiger partial charge in [-0.25, -0.2) is 19.9 Å². The average Bonchev–Trinajstić information content (AvgIpc) is 0.976. The molecule has 4 aliphatic rings. The molecule has 0 unspecified atom stereocenters. The van der Waals surface area contributed by atoms with Crippen molar-refractivity contribution >= 4 is 114 Å². The standard InChI is InChI=1S/2C28H31ClN6O2.2C25H25ClN6O2/c2*1-18-6-4-7-25(31-18)19-8-9-22(24(29)15-19)23-14-20-16-30-28(32-21-10-13-37-17-21)33-26(20)35(27(23)36)12-5-11-34(2)3;2*1-15-3-2-4-22(29-15)16-5-6-19(21(26)12-16)20-11-17-13-28-25(30-18-7-10-34-14-18)31-23(17)32(9-8-27)24(20)33/h2*4,6-9,14-16,21H,5,10-13,17H2,1-3H3,(H,30,32,33);2*2-6,11-13,18H,7-10,14,27H2,1H3,(H,28,30,31)/t2*21-;2*18-/m1010/s1. The first kappa shape index (κ1) is 100. The van der Waals surface area contributed by atoms with Crippen molar-refractivity contribution in [3.05, 3.63) is 279 Å². The normalized spacial score (nSPS) is 15.6. The number of nitrogens with one attached hydrogen (secondary N) is 4. The number of aryl methyl sites for hydroxylation is 6. The van der Waals surface area contributed by atoms with E-state index < -0.39 is 0 Å². The monoisotopic (exact) mass is 1990 g/mol. The van der Waals surface area contributed by atoms with Crippen LogP contribution in [0.5, 0.6) is 0 Å². The highest BCUT2D eigenvalue weighted by Gasteiger charge is 2.27. The van der Waals surface area contributed by atoms with E-state index in [1.54, 1.807) is 55.2 Å². The van der Waals surface area contributed by atoms with Crippen LogP contribution in [-0.2, 0) is 45.1 Å². The van der Waals surface area contributed by atoms with Gasteiger partial charge in [0.05, 0.1) is 73.4 Å². The summed E-state index contributed by atoms with van der Waals surface area (Å²) in [7, 11) is 8.09. The highest BCUT2D eigenvalue weighted by atomic mass is 35.5. The summed E-state index contributed by atoms with van der Waals surface area (Å²) >= 11 is 26.9. The van der Waals surface area contributed by atoms with Crippen LogP contribution in [0.2, 0.25) is 20.1 Å². The zero-order chi connectivity index (χ0) is 99.2. The lowest BCUT2D eigenvalue weighted by atomic mass is 10.0. The molecule has 4 fully saturated rings. The molecule has 732 valence electrons. The summed E-state index contributed by atoms with van der Waals surface area (Å²) in [6.45, 7) is 17.2. The number of pyridine rings is 8. The first-order valence-electron chi connectivity index (χ1n) is 47.5. The van der Waals surface area contributed by atoms with Crippen molar-refractivity contribution in [2.45, 2.75) is 117 Å². The van der Waals surface area contributed by atoms with Gasteiger partial charge in [0.2, 0.25) is 23.8 Å². The molecule has 0 aliphatic carbocycles. The van der Waals surface area contributed by atoms with Gasteiger partial charge >= 0.3 is 0 Å². The highest BCUT2D eigenvalue weighted by Crippen LogP contribution is 2.38. The number of hydrogen-bond donors (Lipinski definition) is 6. The lowest BCUT2D eigenvalue weighted by molar-refractivity contribution is 0.195. The van der Waals surface area contributed by atoms with E-state index >= 15 is 0 Å². The molecular weight excluding hydrogens is 1880 g/mol. The molecule has 20 rings (SSSR count). The van der Waals surface area contributed by atoms with Gasteiger partial charge in [0, 0.05) is 222 Å². The van der Waals surface area contributed by atoms with E-state index in [-0.39, 0.29) is 46.4 Å². The van der Waals surface area contributed by atoms with Gasteiger partial charge in [-0.2, -0.15) is 19.9 Å². The number of hydrogen-bond acceptors (Lipinski definition) is 28. The molecule has 4 saturated heterocycles. The van der Waals surface area contributed by atoms with Crippen molar-refractivity contribution in [3.63, 3.8) is 0 Å². The van der Waals surface area contributed by atoms with E-state index in [0.717, 1.165) is 154 Å². The van der Waals surface area contributed by atoms with E-state index in [2.05, 4.69) is 80.9 Å². The fourth-order valence-corrected chi connectivity index (χ4v) is 18.7. The summed E-state index contributed by atoms with van der Waals surface area (Å²) in [5.41, 5.74) is 28.6. The minimum atomic E-state index is -0.199. The Hall–Kier alpha value is -13.3. The third-order valence-corrected chi connectivity index (χ3v) is 26.1. The molecule has 36 heteroatoms. The van der Waals surface area contributed by atoms with Crippen molar-refractivity contribution in [3.8, 4) is 89.5 Å². The minimum Gasteiger partial charge on any atom is -0.379 e. The SMILES string of the molecule is Cc1cccc(-c2ccc(-c3cc4cnc(N[C@@H]5CCOC5)nc4n(CCCN(C)C)c3=O)c(Cl)c2)n1.Cc1cccc(-c2ccc(-c3cc4cnc(N[C@@H]5CCOC5)nc4n(CCN)c3=O)c(Cl)c2)n1.Cc1cccc(-c2ccc(-c3cc4cnc(N[C@H]5CCOC5)nc4n(CCCN(C)C)c3=O)c(Cl)c2)n1.Cc1cccc(-c2ccc(-c3cc4cnc(N[C@H]5CCOC5)nc4n(CCN)c3=O)c(Cl)c2)n1. The molecule has 142 heavy (non-hydrogen) atoms. The number of aromatic nitrogens is 16. The number of rotatable bonds is 28. The number of fused-ring (bicyclic) bond motifs is 4. The fourth-order valence-electron chi connectivity index (χ4n) is 17.6. The van der Waals surface area contributed by atoms with Crippen LogP contribution in [0.3, 0.4) is 0 Å². The molecule has 0 radical (unpaired) electrons. The Bertz CT molecular complexity index is 7110. The van der Waals surface area contributed by atoms with Gasteiger partial charge in [-0.1, -0.05) is 119 Å². The Kier molecular flexibility index (Phi) is 32.6. The van der Waals surface area contributed by atoms with Crippen LogP contribution in [0.4, 0.5) is 23.8 Å². The smallest absolute Gasteiger partial charge is 0.260 e. The van der Waals surface area contributed by atoms with Crippen molar-refractivity contribution in [2.24, 2.45) is 11.5 Å². The maximum absolute atomic E-state index is 13.8. The van der Waals surface area contributed by atoms with Crippen molar-refractivity contribution in [1.29, 1.82) is 0 Å². The zero-order valence-corrected chi connectivity index (χ0v) is 83.3. The lowest BCUT2D eigenvalue weighted by Crippen LogP contribution is -2.27. The van der Waals surface area contributed by atoms with Crippen LogP contribution in [0.1, 0.15) is 61.3 Å². The first-order valence-corrected chi connectivity index (χ1v) is 49.0. The van der Waals surface area contributed by atoms with Crippen molar-refractivity contribution in [1.82, 2.24) is 87.9 Å². The molecule has 0 amide bonds. The largest absolute Gasteiger partial charge is 0.379 e. The third kappa shape index (κ3) is 24.0. The second-order valence-electron chi connectivity index (χ2n) is 36.1. The number of nitrogens with zero attached hydrogens (tertiary/aromatic N) is 18. The van der Waals surface area contributed by atoms with E-state index in [0.29, 0.717) is 190 Å². The Morgan fingerprint density at radius 3 is 0.768 bits per heavy atom. The molecule has 12 aromatic heterocycles. The summed E-state index contributed by atoms with van der Waals surface area (Å²) in [4.78, 5) is 114. The van der Waals surface area contributed by atoms with Crippen LogP contribution in [-0.4, -0.2) is 219 Å². The topological polar surface area (TPSA) is 386 Å². The van der Waals surface area contributed by atoms with Crippen molar-refractivity contribution < 1.29 is 18.9 Å². The number of benzene rings is 4. The number of halogens is 4. The molecule has 4 aliphatic heterocycles. The molecule has 0 bridgehead atoms. The van der Waals surface area contributed by atoms with Crippen LogP contribution < -0.4 is 55.0 Å². The van der Waals surface area contributed by atoms with Gasteiger partial charge in [-0.15, -0.1) is 0 Å². The molecule has 4 aromatic carbocycles. The summed E-state index contributed by atoms with van der Waals surface area (Å²) in [5.74, 6) is 1.94. The van der Waals surface area contributed by atoms with E-state index in [9.17, 15) is 19.2 Å². The lowest BCUT2D eigenvalue weighted by Gasteiger charge is -2.16. The molecule has 8 N–H and O–H groups in total. The van der Waals surface area contributed by atoms with Crippen LogP contribution in [0.15, 0.2) is 214 Å². The maximum atomic E-state index is 13.8. The molecule has 0 spiro atoms. The first-order chi connectivity index (χ1) is 68.8. The third-order valence-electron chi connectivity index (χ3n) is 24.8. The van der Waals surface area contributed by atoms with E-state index in [1.165, 1.54) is 0 Å². The van der Waals surface area contributed by atoms with Gasteiger partial charge < -0.3 is 61.5 Å². The second kappa shape index (κ2) is 46.2. The van der Waals surface area contributed by atoms with Gasteiger partial charge in [-0.05, 0) is 205 Å². The average molecular weight is 1990 g/mol. The Morgan fingerprint density at radius 2 is 0.563 bits per heavy atom. The second-order valence-corrected chi connectivity index (χ2v) is 37.7. The van der Waals surface area contributed by atoms with Gasteiger partial charge in [0.25, 0.3) is 22.2 Å². The number of nitrogens with two attached hydrogens (primary N) is 2. The van der Waals surface area contributed by atoms with Gasteiger partial charge in [0.1, 0.15) is 22.6 Å². The molecule has 32 nitrogen and oxygen atoms in total. The quantitative estimate of drug-likeness (QED) is 0.0265. The maximum Gasteiger partial charge on any atom is 0.260 e. The van der Waals surface area contributed by atoms with Gasteiger partial charge in [0.15, 0.2) is 0 Å². The van der Waals surface area contributed by atoms with Crippen LogP contribution >= 0.6 is 46.4 Å². The van der Waals surface area contributed by atoms with E-state index in [1.807, 2.05) is 214 Å². The molecule has 4 atom stereocenters. The van der Waals surface area contributed by atoms with E-state index in [4.69, 9.17) is 86.8 Å². The zero-order valence-electron chi connectivity index (χ0n) is 80.3. The van der Waals surface area contributed by atoms with Gasteiger partial charge in [-0.3, -0.25) is 57.4 Å². The molecule has 0 saturated carbocycles. The Balaban J connectivity index is 0.000000130. The molecular formula is C106H112Cl4N24O8. The fraction of sp³-hybridized carbons (Fsp3) is 0.321. The summed E-state index contributed by atoms with van der Waals surface area (Å²) in [5, 5.41) is 18.2. The van der Waals surface area contributed by atoms with Crippen molar-refractivity contribution in [2.75, 3.05) is 128 Å². The molecule has 16 aromatic rings. The highest BCUT2D eigenvalue weighted by molar-refractivity contribution is 6.35. The Morgan fingerprint density at radius 1 is 0.324 bits per heavy atom. The minimum absolute atomic E-state index is 0.122. The summed E-state index contributed by atoms with van der Waals surface area (Å²) in [6, 6.07) is 54.0. The predicted octanol–water partition coefficient (Wildman–Crippen LogP) is 16.6. The summed E-state index contributed by atoms with van der Waals surface area (Å²) in [6.07, 6.45) is 12.2. The summed E-state index contributed by atoms with van der Waals surface area (Å²) < 4.78 is 28.4. The Labute approximate surface area is 840 Å². The number of ether oxygens (including phenoxy) is 4. The number of anilines is 4.